The zero-order valence-corrected chi connectivity index (χ0v) is 25.0. The predicted molar refractivity (Wildman–Crippen MR) is 153 cm³/mol. The fourth-order valence-electron chi connectivity index (χ4n) is 4.86. The number of nitrogens with zero attached hydrogens (tertiary/aromatic N) is 7. The number of hydrogen-bond acceptors (Lipinski definition) is 12. The minimum Gasteiger partial charge on any atom is -0.508 e. The van der Waals surface area contributed by atoms with Gasteiger partial charge in [-0.05, 0) is 40.6 Å². The summed E-state index contributed by atoms with van der Waals surface area (Å²) in [7, 11) is 1.64. The fourth-order valence-corrected chi connectivity index (χ4v) is 7.20. The van der Waals surface area contributed by atoms with Crippen LogP contribution < -0.4 is 10.6 Å². The number of fused-ring (bicyclic) bond motifs is 1. The number of aryl methyl sites for hydroxylation is 1. The van der Waals surface area contributed by atoms with Crippen LogP contribution in [-0.2, 0) is 31.0 Å². The van der Waals surface area contributed by atoms with Crippen molar-refractivity contribution in [2.24, 2.45) is 7.05 Å². The summed E-state index contributed by atoms with van der Waals surface area (Å²) in [6.45, 7) is 2.04. The Labute approximate surface area is 258 Å². The molecule has 0 aliphatic carbocycles. The van der Waals surface area contributed by atoms with E-state index in [-0.39, 0.29) is 41.6 Å². The number of aromatic hydroxyl groups is 1. The first-order chi connectivity index (χ1) is 21.0. The highest BCUT2D eigenvalue weighted by Gasteiger charge is 2.54. The van der Waals surface area contributed by atoms with Gasteiger partial charge in [0.1, 0.15) is 28.9 Å². The van der Waals surface area contributed by atoms with Crippen LogP contribution in [0, 0.1) is 0 Å². The van der Waals surface area contributed by atoms with E-state index >= 15 is 0 Å². The standard InChI is InChI=1S/C25H27N9O8S2/c1-3-32-8-9-33(21(39)20(32)38)24(42)27-15(12-4-6-14(35)7-5-12)18(36)26-16-19(37)34-17(23(40)41)13(10-43-22(16)34)11-44-25-28-29-30-31(25)2/h4-7,15-16,22,35H,3,8-11H2,1-2H3,(H,26,36)(H,27,42)(H,40,41)/t15?,16?,22-/m1/s1. The number of rotatable bonds is 9. The number of amides is 6. The molecule has 4 heterocycles. The van der Waals surface area contributed by atoms with Crippen LogP contribution in [0.4, 0.5) is 4.79 Å². The molecule has 1 aromatic heterocycles. The van der Waals surface area contributed by atoms with Crippen LogP contribution in [-0.4, -0.2) is 123 Å². The number of urea groups is 1. The number of likely N-dealkylation sites (N-methyl/N-ethyl adjacent to an activating group) is 1. The second-order valence-corrected chi connectivity index (χ2v) is 11.9. The number of carboxylic acid groups (broad SMARTS) is 1. The Bertz CT molecular complexity index is 1560. The summed E-state index contributed by atoms with van der Waals surface area (Å²) in [5, 5.41) is 35.6. The normalized spacial score (nSPS) is 20.7. The van der Waals surface area contributed by atoms with Gasteiger partial charge in [-0.2, -0.15) is 0 Å². The molecular weight excluding hydrogens is 618 g/mol. The van der Waals surface area contributed by atoms with E-state index in [9.17, 15) is 39.0 Å². The molecule has 232 valence electrons. The average Bonchev–Trinajstić information content (AvgIpc) is 3.42. The first-order valence-electron chi connectivity index (χ1n) is 13.3. The number of aromatic nitrogens is 4. The van der Waals surface area contributed by atoms with E-state index in [0.29, 0.717) is 22.2 Å². The number of hydrogen-bond donors (Lipinski definition) is 4. The van der Waals surface area contributed by atoms with E-state index in [4.69, 9.17) is 0 Å². The third kappa shape index (κ3) is 5.79. The van der Waals surface area contributed by atoms with Gasteiger partial charge in [-0.25, -0.2) is 14.3 Å². The van der Waals surface area contributed by atoms with Crippen LogP contribution in [0.1, 0.15) is 18.5 Å². The lowest BCUT2D eigenvalue weighted by Crippen LogP contribution is -2.71. The second kappa shape index (κ2) is 12.5. The molecule has 6 amide bonds. The lowest BCUT2D eigenvalue weighted by molar-refractivity contribution is -0.153. The zero-order valence-electron chi connectivity index (χ0n) is 23.4. The minimum atomic E-state index is -1.42. The molecule has 0 radical (unpaired) electrons. The van der Waals surface area contributed by atoms with Crippen molar-refractivity contribution in [3.63, 3.8) is 0 Å². The van der Waals surface area contributed by atoms with Gasteiger partial charge in [0.2, 0.25) is 11.1 Å². The quantitative estimate of drug-likeness (QED) is 0.145. The van der Waals surface area contributed by atoms with Crippen LogP contribution in [0.15, 0.2) is 40.7 Å². The molecule has 44 heavy (non-hydrogen) atoms. The number of carbonyl (C=O) groups excluding carboxylic acids is 5. The summed E-state index contributed by atoms with van der Waals surface area (Å²) in [5.74, 6) is -4.26. The van der Waals surface area contributed by atoms with Crippen LogP contribution in [0.5, 0.6) is 5.75 Å². The lowest BCUT2D eigenvalue weighted by Gasteiger charge is -2.49. The van der Waals surface area contributed by atoms with Crippen molar-refractivity contribution < 1.29 is 39.0 Å². The average molecular weight is 646 g/mol. The van der Waals surface area contributed by atoms with Gasteiger partial charge in [-0.1, -0.05) is 23.9 Å². The summed E-state index contributed by atoms with van der Waals surface area (Å²) in [5.41, 5.74) is 0.536. The number of aliphatic carboxylic acids is 1. The third-order valence-electron chi connectivity index (χ3n) is 7.20. The number of thioether (sulfide) groups is 2. The molecule has 3 aliphatic heterocycles. The number of β-lactam (4-membered cyclic amide) rings is 1. The van der Waals surface area contributed by atoms with Gasteiger partial charge in [-0.3, -0.25) is 29.0 Å². The number of nitrogens with one attached hydrogen (secondary N) is 2. The molecule has 4 N–H and O–H groups in total. The Hall–Kier alpha value is -4.65. The molecule has 1 aromatic carbocycles. The topological polar surface area (TPSA) is 220 Å². The van der Waals surface area contributed by atoms with Crippen LogP contribution in [0.3, 0.4) is 0 Å². The number of carboxylic acids is 1. The minimum absolute atomic E-state index is 0.0823. The zero-order chi connectivity index (χ0) is 31.7. The van der Waals surface area contributed by atoms with Crippen molar-refractivity contribution in [3.8, 4) is 5.75 Å². The maximum absolute atomic E-state index is 13.6. The lowest BCUT2D eigenvalue weighted by atomic mass is 10.0. The van der Waals surface area contributed by atoms with E-state index in [0.717, 1.165) is 4.90 Å². The van der Waals surface area contributed by atoms with Crippen molar-refractivity contribution in [2.45, 2.75) is 29.5 Å². The number of carbonyl (C=O) groups is 6. The molecule has 17 nitrogen and oxygen atoms in total. The van der Waals surface area contributed by atoms with E-state index in [2.05, 4.69) is 26.2 Å². The first kappa shape index (κ1) is 30.8. The fraction of sp³-hybridized carbons (Fsp3) is 0.400. The van der Waals surface area contributed by atoms with Crippen LogP contribution >= 0.6 is 23.5 Å². The summed E-state index contributed by atoms with van der Waals surface area (Å²) >= 11 is 2.49. The number of phenols is 1. The Balaban J connectivity index is 1.31. The number of phenolic OH excluding ortho intramolecular Hbond substituents is 1. The molecule has 5 rings (SSSR count). The van der Waals surface area contributed by atoms with Crippen molar-refractivity contribution >= 4 is 59.2 Å². The van der Waals surface area contributed by atoms with Crippen LogP contribution in [0.2, 0.25) is 0 Å². The Kier molecular flexibility index (Phi) is 8.77. The molecule has 2 fully saturated rings. The summed E-state index contributed by atoms with van der Waals surface area (Å²) in [4.78, 5) is 80.1. The van der Waals surface area contributed by atoms with E-state index < -0.39 is 53.1 Å². The Morgan fingerprint density at radius 1 is 1.14 bits per heavy atom. The highest BCUT2D eigenvalue weighted by Crippen LogP contribution is 2.41. The first-order valence-corrected chi connectivity index (χ1v) is 15.3. The maximum Gasteiger partial charge on any atom is 0.352 e. The molecule has 2 aromatic rings. The van der Waals surface area contributed by atoms with Crippen molar-refractivity contribution in [1.29, 1.82) is 0 Å². The maximum atomic E-state index is 13.6. The highest BCUT2D eigenvalue weighted by atomic mass is 32.2. The molecule has 0 saturated carbocycles. The molecule has 0 spiro atoms. The van der Waals surface area contributed by atoms with Crippen molar-refractivity contribution in [1.82, 2.24) is 45.5 Å². The predicted octanol–water partition coefficient (Wildman–Crippen LogP) is -1.11. The molecule has 2 unspecified atom stereocenters. The summed E-state index contributed by atoms with van der Waals surface area (Å²) in [6.07, 6.45) is 0. The van der Waals surface area contributed by atoms with Gasteiger partial charge < -0.3 is 25.7 Å². The van der Waals surface area contributed by atoms with Gasteiger partial charge in [0, 0.05) is 38.2 Å². The van der Waals surface area contributed by atoms with E-state index in [1.165, 1.54) is 57.4 Å². The SMILES string of the molecule is CCN1CCN(C(=O)NC(C(=O)NC2C(=O)N3C(C(=O)O)=C(CSc4nnnn4C)CS[C@H]23)c2ccc(O)cc2)C(=O)C1=O. The smallest absolute Gasteiger partial charge is 0.352 e. The molecular formula is C25H27N9O8S2. The summed E-state index contributed by atoms with van der Waals surface area (Å²) < 4.78 is 1.44. The molecule has 19 heteroatoms. The molecule has 3 aliphatic rings. The van der Waals surface area contributed by atoms with Crippen LogP contribution in [0.25, 0.3) is 0 Å². The van der Waals surface area contributed by atoms with E-state index in [1.54, 1.807) is 14.0 Å². The van der Waals surface area contributed by atoms with Gasteiger partial charge in [-0.15, -0.1) is 16.9 Å². The number of benzene rings is 1. The number of imide groups is 1. The second-order valence-electron chi connectivity index (χ2n) is 9.84. The Morgan fingerprint density at radius 3 is 2.50 bits per heavy atom. The Morgan fingerprint density at radius 2 is 1.86 bits per heavy atom. The summed E-state index contributed by atoms with van der Waals surface area (Å²) in [6, 6.07) is 1.84. The number of tetrazole rings is 1. The van der Waals surface area contributed by atoms with Gasteiger partial charge in [0.25, 0.3) is 5.91 Å². The van der Waals surface area contributed by atoms with Crippen molar-refractivity contribution in [2.75, 3.05) is 31.1 Å². The molecule has 0 bridgehead atoms. The van der Waals surface area contributed by atoms with Crippen molar-refractivity contribution in [3.05, 3.63) is 41.1 Å². The van der Waals surface area contributed by atoms with Gasteiger partial charge >= 0.3 is 23.8 Å². The molecule has 2 saturated heterocycles. The van der Waals surface area contributed by atoms with Gasteiger partial charge in [0.05, 0.1) is 0 Å². The monoisotopic (exact) mass is 645 g/mol. The molecule has 3 atom stereocenters. The third-order valence-corrected chi connectivity index (χ3v) is 9.63. The highest BCUT2D eigenvalue weighted by molar-refractivity contribution is 8.01. The largest absolute Gasteiger partial charge is 0.508 e. The number of piperazine rings is 1. The van der Waals surface area contributed by atoms with E-state index in [1.807, 2.05) is 0 Å². The van der Waals surface area contributed by atoms with Gasteiger partial charge in [0.15, 0.2) is 0 Å².